The molecule has 1 amide bonds. The van der Waals surface area contributed by atoms with E-state index in [4.69, 9.17) is 5.73 Å². The topological polar surface area (TPSA) is 90.4 Å². The molecule has 3 N–H and O–H groups in total. The number of carbonyl (C=O) groups excluding carboxylic acids is 1. The van der Waals surface area contributed by atoms with Crippen LogP contribution >= 0.6 is 0 Å². The average Bonchev–Trinajstić information content (AvgIpc) is 3.14. The van der Waals surface area contributed by atoms with Gasteiger partial charge in [-0.1, -0.05) is 0 Å². The van der Waals surface area contributed by atoms with Crippen molar-refractivity contribution in [3.63, 3.8) is 0 Å². The highest BCUT2D eigenvalue weighted by Gasteiger charge is 2.62. The van der Waals surface area contributed by atoms with E-state index in [1.54, 1.807) is 4.90 Å². The summed E-state index contributed by atoms with van der Waals surface area (Å²) in [5.74, 6) is 1.56. The van der Waals surface area contributed by atoms with Crippen LogP contribution in [0.1, 0.15) is 51.4 Å². The minimum Gasteiger partial charge on any atom is -0.390 e. The van der Waals surface area contributed by atoms with Crippen LogP contribution in [0.2, 0.25) is 0 Å². The fourth-order valence-corrected chi connectivity index (χ4v) is 6.96. The Morgan fingerprint density at radius 1 is 1.22 bits per heavy atom. The van der Waals surface area contributed by atoms with Gasteiger partial charge in [-0.15, -0.1) is 0 Å². The summed E-state index contributed by atoms with van der Waals surface area (Å²) in [5, 5.41) is 20.2. The highest BCUT2D eigenvalue weighted by atomic mass is 16.3. The maximum Gasteiger partial charge on any atom is 0.241 e. The van der Waals surface area contributed by atoms with Gasteiger partial charge in [0.25, 0.3) is 0 Å². The quantitative estimate of drug-likeness (QED) is 0.800. The van der Waals surface area contributed by atoms with Crippen LogP contribution in [0.5, 0.6) is 0 Å². The molecule has 1 aliphatic heterocycles. The number of rotatable bonds is 2. The molecule has 4 bridgehead atoms. The summed E-state index contributed by atoms with van der Waals surface area (Å²) in [7, 11) is 0. The molecule has 0 aromatic heterocycles. The SMILES string of the molecule is N#C[C@@H]1C[C@H]2C[C@H]2N1C(=O)[C@@H](N)C12CC3CC(CC(O)(C3)C1)C2. The second-order valence-electron chi connectivity index (χ2n) is 9.21. The lowest BCUT2D eigenvalue weighted by atomic mass is 9.46. The Bertz CT molecular complexity index is 598. The molecule has 5 nitrogen and oxygen atoms in total. The van der Waals surface area contributed by atoms with Crippen LogP contribution in [0.3, 0.4) is 0 Å². The fourth-order valence-electron chi connectivity index (χ4n) is 6.96. The van der Waals surface area contributed by atoms with Gasteiger partial charge in [-0.25, -0.2) is 0 Å². The zero-order valence-electron chi connectivity index (χ0n) is 13.4. The summed E-state index contributed by atoms with van der Waals surface area (Å²) < 4.78 is 0. The van der Waals surface area contributed by atoms with Gasteiger partial charge in [0.15, 0.2) is 0 Å². The van der Waals surface area contributed by atoms with E-state index >= 15 is 0 Å². The monoisotopic (exact) mass is 315 g/mol. The van der Waals surface area contributed by atoms with Gasteiger partial charge in [0.1, 0.15) is 6.04 Å². The zero-order valence-corrected chi connectivity index (χ0v) is 13.4. The van der Waals surface area contributed by atoms with E-state index in [1.807, 2.05) is 0 Å². The average molecular weight is 315 g/mol. The first kappa shape index (κ1) is 14.2. The van der Waals surface area contributed by atoms with Gasteiger partial charge >= 0.3 is 0 Å². The summed E-state index contributed by atoms with van der Waals surface area (Å²) >= 11 is 0. The number of amides is 1. The van der Waals surface area contributed by atoms with Crippen molar-refractivity contribution in [2.24, 2.45) is 28.9 Å². The number of nitrogens with zero attached hydrogens (tertiary/aromatic N) is 2. The van der Waals surface area contributed by atoms with Crippen molar-refractivity contribution in [1.82, 2.24) is 4.90 Å². The third-order valence-electron chi connectivity index (χ3n) is 7.51. The van der Waals surface area contributed by atoms with E-state index in [0.717, 1.165) is 38.5 Å². The normalized spacial score (nSPS) is 53.8. The van der Waals surface area contributed by atoms with Crippen molar-refractivity contribution in [3.05, 3.63) is 0 Å². The predicted molar refractivity (Wildman–Crippen MR) is 82.8 cm³/mol. The molecule has 6 atom stereocenters. The molecule has 5 heteroatoms. The Balaban J connectivity index is 1.43. The molecule has 23 heavy (non-hydrogen) atoms. The van der Waals surface area contributed by atoms with Gasteiger partial charge in [-0.05, 0) is 74.5 Å². The molecule has 5 aliphatic carbocycles. The Kier molecular flexibility index (Phi) is 2.65. The van der Waals surface area contributed by atoms with Crippen LogP contribution in [0.25, 0.3) is 0 Å². The third kappa shape index (κ3) is 1.88. The fraction of sp³-hybridized carbons (Fsp3) is 0.889. The molecule has 0 radical (unpaired) electrons. The number of fused-ring (bicyclic) bond motifs is 1. The van der Waals surface area contributed by atoms with Crippen molar-refractivity contribution in [3.8, 4) is 6.07 Å². The van der Waals surface area contributed by atoms with E-state index < -0.39 is 11.6 Å². The first-order valence-electron chi connectivity index (χ1n) is 9.13. The van der Waals surface area contributed by atoms with Gasteiger partial charge < -0.3 is 15.7 Å². The van der Waals surface area contributed by atoms with Crippen molar-refractivity contribution >= 4 is 5.91 Å². The lowest BCUT2D eigenvalue weighted by molar-refractivity contribution is -0.177. The lowest BCUT2D eigenvalue weighted by Crippen LogP contribution is -2.64. The van der Waals surface area contributed by atoms with Crippen molar-refractivity contribution in [1.29, 1.82) is 5.26 Å². The predicted octanol–water partition coefficient (Wildman–Crippen LogP) is 1.16. The second kappa shape index (κ2) is 4.29. The summed E-state index contributed by atoms with van der Waals surface area (Å²) in [6, 6.07) is 1.72. The van der Waals surface area contributed by atoms with Gasteiger partial charge in [-0.2, -0.15) is 5.26 Å². The second-order valence-corrected chi connectivity index (χ2v) is 9.21. The maximum atomic E-state index is 13.1. The number of nitrogens with two attached hydrogens (primary N) is 1. The first-order chi connectivity index (χ1) is 10.9. The van der Waals surface area contributed by atoms with Crippen LogP contribution in [-0.2, 0) is 4.79 Å². The van der Waals surface area contributed by atoms with Crippen LogP contribution in [0.15, 0.2) is 0 Å². The molecule has 6 rings (SSSR count). The highest BCUT2D eigenvalue weighted by molar-refractivity contribution is 5.84. The molecule has 6 aliphatic rings. The van der Waals surface area contributed by atoms with Crippen LogP contribution in [-0.4, -0.2) is 39.6 Å². The molecule has 0 aromatic rings. The Hall–Kier alpha value is -1.12. The summed E-state index contributed by atoms with van der Waals surface area (Å²) in [4.78, 5) is 14.9. The van der Waals surface area contributed by atoms with Crippen molar-refractivity contribution in [2.45, 2.75) is 75.1 Å². The number of aliphatic hydroxyl groups is 1. The van der Waals surface area contributed by atoms with E-state index in [-0.39, 0.29) is 23.4 Å². The smallest absolute Gasteiger partial charge is 0.241 e. The van der Waals surface area contributed by atoms with Crippen molar-refractivity contribution in [2.75, 3.05) is 0 Å². The molecular formula is C18H25N3O2. The van der Waals surface area contributed by atoms with Crippen LogP contribution in [0.4, 0.5) is 0 Å². The number of nitriles is 1. The van der Waals surface area contributed by atoms with E-state index in [9.17, 15) is 15.2 Å². The molecule has 0 spiro atoms. The standard InChI is InChI=1S/C18H25N3O2/c19-8-13-2-12-3-14(12)21(13)16(22)15(20)17-4-10-1-11(5-17)7-18(23,6-10)9-17/h10-15,23H,1-7,9,20H2/t10?,11?,12-,13-,14+,15+,17?,18?/m0/s1. The molecule has 6 fully saturated rings. The molecule has 1 heterocycles. The summed E-state index contributed by atoms with van der Waals surface area (Å²) in [6.07, 6.45) is 7.48. The zero-order chi connectivity index (χ0) is 16.0. The Morgan fingerprint density at radius 3 is 2.52 bits per heavy atom. The van der Waals surface area contributed by atoms with Crippen LogP contribution < -0.4 is 5.73 Å². The van der Waals surface area contributed by atoms with Crippen molar-refractivity contribution < 1.29 is 9.90 Å². The number of hydrogen-bond acceptors (Lipinski definition) is 4. The first-order valence-corrected chi connectivity index (χ1v) is 9.13. The molecule has 2 unspecified atom stereocenters. The number of carbonyl (C=O) groups is 1. The largest absolute Gasteiger partial charge is 0.390 e. The number of likely N-dealkylation sites (tertiary alicyclic amines) is 1. The lowest BCUT2D eigenvalue weighted by Gasteiger charge is -2.61. The number of hydrogen-bond donors (Lipinski definition) is 2. The van der Waals surface area contributed by atoms with Gasteiger partial charge in [-0.3, -0.25) is 4.79 Å². The molecule has 0 aromatic carbocycles. The minimum atomic E-state index is -0.594. The molecule has 124 valence electrons. The Labute approximate surface area is 136 Å². The van der Waals surface area contributed by atoms with E-state index in [1.165, 1.54) is 6.42 Å². The molecule has 1 saturated heterocycles. The van der Waals surface area contributed by atoms with Gasteiger partial charge in [0.05, 0.1) is 17.7 Å². The third-order valence-corrected chi connectivity index (χ3v) is 7.51. The van der Waals surface area contributed by atoms with E-state index in [2.05, 4.69) is 6.07 Å². The Morgan fingerprint density at radius 2 is 1.91 bits per heavy atom. The summed E-state index contributed by atoms with van der Waals surface area (Å²) in [6.45, 7) is 0. The minimum absolute atomic E-state index is 0.0212. The van der Waals surface area contributed by atoms with Gasteiger partial charge in [0.2, 0.25) is 5.91 Å². The number of piperidine rings is 1. The maximum absolute atomic E-state index is 13.1. The summed E-state index contributed by atoms with van der Waals surface area (Å²) in [5.41, 5.74) is 5.71. The molecule has 5 saturated carbocycles. The highest BCUT2D eigenvalue weighted by Crippen LogP contribution is 2.63. The molecular weight excluding hydrogens is 290 g/mol. The van der Waals surface area contributed by atoms with E-state index in [0.29, 0.717) is 24.2 Å². The van der Waals surface area contributed by atoms with Gasteiger partial charge in [0, 0.05) is 6.04 Å². The van der Waals surface area contributed by atoms with Crippen LogP contribution in [0, 0.1) is 34.5 Å².